The van der Waals surface area contributed by atoms with Gasteiger partial charge in [-0.2, -0.15) is 16.7 Å². The predicted molar refractivity (Wildman–Crippen MR) is 72.5 cm³/mol. The van der Waals surface area contributed by atoms with Crippen LogP contribution in [-0.4, -0.2) is 46.8 Å². The van der Waals surface area contributed by atoms with Gasteiger partial charge in [-0.25, -0.2) is 0 Å². The molecule has 0 amide bonds. The summed E-state index contributed by atoms with van der Waals surface area (Å²) in [6.07, 6.45) is 5.49. The minimum Gasteiger partial charge on any atom is -0.339 e. The molecule has 1 aromatic rings. The fourth-order valence-electron chi connectivity index (χ4n) is 2.18. The molecule has 1 unspecified atom stereocenters. The topological polar surface area (TPSA) is 70.8 Å². The van der Waals surface area contributed by atoms with E-state index in [1.165, 1.54) is 12.8 Å². The quantitative estimate of drug-likeness (QED) is 0.817. The molecule has 2 rings (SSSR count). The molecule has 1 saturated heterocycles. The van der Waals surface area contributed by atoms with Crippen LogP contribution in [0.4, 0.5) is 5.95 Å². The van der Waals surface area contributed by atoms with Crippen LogP contribution in [0.5, 0.6) is 0 Å². The summed E-state index contributed by atoms with van der Waals surface area (Å²) in [5.41, 5.74) is 5.74. The summed E-state index contributed by atoms with van der Waals surface area (Å²) in [7, 11) is 0. The monoisotopic (exact) mass is 255 g/mol. The van der Waals surface area contributed by atoms with Crippen LogP contribution in [0.2, 0.25) is 0 Å². The summed E-state index contributed by atoms with van der Waals surface area (Å²) in [4.78, 5) is 6.80. The van der Waals surface area contributed by atoms with Gasteiger partial charge in [-0.3, -0.25) is 5.10 Å². The zero-order valence-electron chi connectivity index (χ0n) is 10.4. The van der Waals surface area contributed by atoms with Gasteiger partial charge in [0.2, 0.25) is 5.95 Å². The first-order valence-electron chi connectivity index (χ1n) is 6.18. The molecule has 0 bridgehead atoms. The molecule has 0 spiro atoms. The Labute approximate surface area is 107 Å². The molecule has 1 aromatic heterocycles. The van der Waals surface area contributed by atoms with Crippen molar-refractivity contribution in [1.29, 1.82) is 0 Å². The maximum absolute atomic E-state index is 5.74. The number of piperidine rings is 1. The first-order chi connectivity index (χ1) is 8.33. The number of aryl methyl sites for hydroxylation is 1. The Hall–Kier alpha value is -0.750. The molecule has 1 fully saturated rings. The third-order valence-corrected chi connectivity index (χ3v) is 3.81. The minimum absolute atomic E-state index is 0.594. The van der Waals surface area contributed by atoms with Crippen LogP contribution in [0.25, 0.3) is 0 Å². The van der Waals surface area contributed by atoms with Crippen LogP contribution in [0, 0.1) is 5.92 Å². The van der Waals surface area contributed by atoms with Crippen LogP contribution in [-0.2, 0) is 6.42 Å². The van der Waals surface area contributed by atoms with Crippen LogP contribution < -0.4 is 10.6 Å². The summed E-state index contributed by atoms with van der Waals surface area (Å²) in [6, 6.07) is 0. The largest absolute Gasteiger partial charge is 0.339 e. The van der Waals surface area contributed by atoms with Crippen molar-refractivity contribution in [2.75, 3.05) is 36.5 Å². The highest BCUT2D eigenvalue weighted by Gasteiger charge is 2.21. The minimum atomic E-state index is 0.594. The second kappa shape index (κ2) is 6.26. The van der Waals surface area contributed by atoms with Gasteiger partial charge in [-0.1, -0.05) is 0 Å². The van der Waals surface area contributed by atoms with Crippen LogP contribution in [0.15, 0.2) is 0 Å². The highest BCUT2D eigenvalue weighted by atomic mass is 32.2. The Kier molecular flexibility index (Phi) is 4.67. The number of thioether (sulfide) groups is 1. The first kappa shape index (κ1) is 12.7. The molecule has 17 heavy (non-hydrogen) atoms. The van der Waals surface area contributed by atoms with Gasteiger partial charge in [-0.15, -0.1) is 5.10 Å². The smallest absolute Gasteiger partial charge is 0.244 e. The van der Waals surface area contributed by atoms with Crippen molar-refractivity contribution in [3.05, 3.63) is 5.82 Å². The van der Waals surface area contributed by atoms with Crippen molar-refractivity contribution in [1.82, 2.24) is 15.2 Å². The standard InChI is InChI=1S/C11H21N5S/c1-17-6-4-10-13-11(15-14-10)16-5-2-3-9(7-12)8-16/h9H,2-8,12H2,1H3,(H,13,14,15). The van der Waals surface area contributed by atoms with E-state index in [1.54, 1.807) is 0 Å². The van der Waals surface area contributed by atoms with Crippen molar-refractivity contribution in [2.24, 2.45) is 11.7 Å². The number of hydrogen-bond donors (Lipinski definition) is 2. The van der Waals surface area contributed by atoms with Gasteiger partial charge >= 0.3 is 0 Å². The highest BCUT2D eigenvalue weighted by Crippen LogP contribution is 2.19. The number of nitrogens with two attached hydrogens (primary N) is 1. The normalized spacial score (nSPS) is 20.8. The van der Waals surface area contributed by atoms with Crippen LogP contribution in [0.1, 0.15) is 18.7 Å². The molecule has 5 nitrogen and oxygen atoms in total. The van der Waals surface area contributed by atoms with Gasteiger partial charge in [0.15, 0.2) is 0 Å². The van der Waals surface area contributed by atoms with E-state index in [-0.39, 0.29) is 0 Å². The van der Waals surface area contributed by atoms with Gasteiger partial charge in [0.25, 0.3) is 0 Å². The summed E-state index contributed by atoms with van der Waals surface area (Å²) in [5.74, 6) is 3.51. The van der Waals surface area contributed by atoms with Crippen LogP contribution >= 0.6 is 11.8 Å². The molecule has 0 aliphatic carbocycles. The Morgan fingerprint density at radius 2 is 2.47 bits per heavy atom. The molecule has 0 saturated carbocycles. The third-order valence-electron chi connectivity index (χ3n) is 3.20. The van der Waals surface area contributed by atoms with Gasteiger partial charge in [0, 0.05) is 25.3 Å². The summed E-state index contributed by atoms with van der Waals surface area (Å²) >= 11 is 1.83. The zero-order valence-corrected chi connectivity index (χ0v) is 11.2. The molecule has 1 atom stereocenters. The van der Waals surface area contributed by atoms with Gasteiger partial charge in [-0.05, 0) is 31.6 Å². The van der Waals surface area contributed by atoms with Crippen molar-refractivity contribution in [3.8, 4) is 0 Å². The van der Waals surface area contributed by atoms with E-state index in [4.69, 9.17) is 5.73 Å². The van der Waals surface area contributed by atoms with E-state index < -0.39 is 0 Å². The molecule has 1 aliphatic heterocycles. The number of aromatic nitrogens is 3. The second-order valence-corrected chi connectivity index (χ2v) is 5.50. The number of rotatable bonds is 5. The zero-order chi connectivity index (χ0) is 12.1. The Balaban J connectivity index is 1.94. The summed E-state index contributed by atoms with van der Waals surface area (Å²) in [6.45, 7) is 2.81. The maximum atomic E-state index is 5.74. The number of aromatic amines is 1. The number of H-pyrrole nitrogens is 1. The predicted octanol–water partition coefficient (Wildman–Crippen LogP) is 0.885. The Morgan fingerprint density at radius 3 is 3.24 bits per heavy atom. The number of nitrogens with zero attached hydrogens (tertiary/aromatic N) is 3. The third kappa shape index (κ3) is 3.35. The molecule has 1 aliphatic rings. The molecule has 0 radical (unpaired) electrons. The maximum Gasteiger partial charge on any atom is 0.244 e. The molecule has 0 aromatic carbocycles. The molecule has 3 N–H and O–H groups in total. The van der Waals surface area contributed by atoms with Crippen molar-refractivity contribution in [3.63, 3.8) is 0 Å². The van der Waals surface area contributed by atoms with E-state index in [0.29, 0.717) is 5.92 Å². The fraction of sp³-hybridized carbons (Fsp3) is 0.818. The summed E-state index contributed by atoms with van der Waals surface area (Å²) < 4.78 is 0. The average Bonchev–Trinajstić information content (AvgIpc) is 2.85. The Bertz CT molecular complexity index is 340. The van der Waals surface area contributed by atoms with E-state index in [9.17, 15) is 0 Å². The van der Waals surface area contributed by atoms with Crippen molar-refractivity contribution < 1.29 is 0 Å². The lowest BCUT2D eigenvalue weighted by molar-refractivity contribution is 0.419. The van der Waals surface area contributed by atoms with Crippen LogP contribution in [0.3, 0.4) is 0 Å². The molecular formula is C11H21N5S. The van der Waals surface area contributed by atoms with Crippen molar-refractivity contribution >= 4 is 17.7 Å². The summed E-state index contributed by atoms with van der Waals surface area (Å²) in [5, 5.41) is 7.32. The molecule has 96 valence electrons. The van der Waals surface area contributed by atoms with E-state index in [0.717, 1.165) is 43.6 Å². The second-order valence-electron chi connectivity index (χ2n) is 4.51. The fourth-order valence-corrected chi connectivity index (χ4v) is 2.57. The molecule has 6 heteroatoms. The SMILES string of the molecule is CSCCc1nc(N2CCCC(CN)C2)n[nH]1. The van der Waals surface area contributed by atoms with E-state index in [1.807, 2.05) is 11.8 Å². The average molecular weight is 255 g/mol. The lowest BCUT2D eigenvalue weighted by atomic mass is 9.99. The molecular weight excluding hydrogens is 234 g/mol. The number of anilines is 1. The van der Waals surface area contributed by atoms with E-state index in [2.05, 4.69) is 26.3 Å². The number of nitrogens with one attached hydrogen (secondary N) is 1. The Morgan fingerprint density at radius 1 is 1.59 bits per heavy atom. The van der Waals surface area contributed by atoms with E-state index >= 15 is 0 Å². The van der Waals surface area contributed by atoms with Gasteiger partial charge in [0.1, 0.15) is 5.82 Å². The molecule has 2 heterocycles. The van der Waals surface area contributed by atoms with Crippen molar-refractivity contribution in [2.45, 2.75) is 19.3 Å². The van der Waals surface area contributed by atoms with Gasteiger partial charge in [0.05, 0.1) is 0 Å². The lowest BCUT2D eigenvalue weighted by Crippen LogP contribution is -2.39. The first-order valence-corrected chi connectivity index (χ1v) is 7.58. The highest BCUT2D eigenvalue weighted by molar-refractivity contribution is 7.98. The van der Waals surface area contributed by atoms with Gasteiger partial charge < -0.3 is 10.6 Å². The lowest BCUT2D eigenvalue weighted by Gasteiger charge is -2.31. The number of hydrogen-bond acceptors (Lipinski definition) is 5.